The van der Waals surface area contributed by atoms with Crippen molar-refractivity contribution in [1.82, 2.24) is 0 Å². The van der Waals surface area contributed by atoms with Gasteiger partial charge in [0.2, 0.25) is 0 Å². The molecule has 0 aromatic carbocycles. The number of nitrogens with zero attached hydrogens (tertiary/aromatic N) is 3. The molecule has 2 heterocycles. The maximum absolute atomic E-state index is 12.7. The first kappa shape index (κ1) is 12.4. The van der Waals surface area contributed by atoms with Gasteiger partial charge in [-0.05, 0) is 42.6 Å². The summed E-state index contributed by atoms with van der Waals surface area (Å²) < 4.78 is 5.56. The molecule has 1 atom stereocenters. The van der Waals surface area contributed by atoms with Crippen LogP contribution < -0.4 is 0 Å². The number of ether oxygens (including phenoxy) is 1. The second-order valence-corrected chi connectivity index (χ2v) is 5.79. The number of aliphatic imine (C=N–C) groups is 1. The average Bonchev–Trinajstić information content (AvgIpc) is 2.89. The molecule has 0 bridgehead atoms. The van der Waals surface area contributed by atoms with E-state index in [0.29, 0.717) is 12.5 Å². The average molecular weight is 281 g/mol. The van der Waals surface area contributed by atoms with Crippen molar-refractivity contribution in [1.29, 1.82) is 0 Å². The lowest BCUT2D eigenvalue weighted by molar-refractivity contribution is -0.150. The Hall–Kier alpha value is -2.30. The highest BCUT2D eigenvalue weighted by Gasteiger charge is 2.44. The molecule has 21 heavy (non-hydrogen) atoms. The van der Waals surface area contributed by atoms with E-state index in [-0.39, 0.29) is 5.97 Å². The van der Waals surface area contributed by atoms with Crippen molar-refractivity contribution in [3.8, 4) is 0 Å². The van der Waals surface area contributed by atoms with Crippen LogP contribution >= 0.6 is 0 Å². The highest BCUT2D eigenvalue weighted by Crippen LogP contribution is 2.38. The van der Waals surface area contributed by atoms with Crippen molar-refractivity contribution < 1.29 is 9.53 Å². The largest absolute Gasteiger partial charge is 0.464 e. The molecule has 5 nitrogen and oxygen atoms in total. The normalized spacial score (nSPS) is 29.0. The molecular formula is C16H15N3O2. The molecule has 0 aromatic heterocycles. The molecule has 0 spiro atoms. The molecule has 0 saturated heterocycles. The Morgan fingerprint density at radius 1 is 1.43 bits per heavy atom. The van der Waals surface area contributed by atoms with Crippen molar-refractivity contribution in [3.05, 3.63) is 35.6 Å². The zero-order chi connectivity index (χ0) is 14.3. The van der Waals surface area contributed by atoms with Gasteiger partial charge in [-0.3, -0.25) is 9.79 Å². The molecule has 1 fully saturated rings. The van der Waals surface area contributed by atoms with E-state index in [1.165, 1.54) is 6.42 Å². The summed E-state index contributed by atoms with van der Waals surface area (Å²) in [6.45, 7) is 0.504. The van der Waals surface area contributed by atoms with Gasteiger partial charge < -0.3 is 4.74 Å². The van der Waals surface area contributed by atoms with Gasteiger partial charge in [0.15, 0.2) is 0 Å². The van der Waals surface area contributed by atoms with Crippen LogP contribution in [-0.2, 0) is 9.53 Å². The van der Waals surface area contributed by atoms with Crippen molar-refractivity contribution in [2.75, 3.05) is 6.61 Å². The molecule has 4 aliphatic rings. The summed E-state index contributed by atoms with van der Waals surface area (Å²) in [6, 6.07) is 0. The predicted octanol–water partition coefficient (Wildman–Crippen LogP) is 2.22. The van der Waals surface area contributed by atoms with Crippen molar-refractivity contribution >= 4 is 24.1 Å². The Kier molecular flexibility index (Phi) is 2.74. The molecule has 2 aliphatic carbocycles. The monoisotopic (exact) mass is 281 g/mol. The van der Waals surface area contributed by atoms with Gasteiger partial charge in [0.1, 0.15) is 5.41 Å². The van der Waals surface area contributed by atoms with Gasteiger partial charge in [0.05, 0.1) is 18.5 Å². The van der Waals surface area contributed by atoms with Crippen molar-refractivity contribution in [2.45, 2.75) is 19.3 Å². The van der Waals surface area contributed by atoms with Crippen molar-refractivity contribution in [3.63, 3.8) is 0 Å². The number of carbonyl (C=O) groups is 1. The minimum absolute atomic E-state index is 0.263. The first-order valence-electron chi connectivity index (χ1n) is 7.22. The third kappa shape index (κ3) is 1.92. The first-order chi connectivity index (χ1) is 10.3. The lowest BCUT2D eigenvalue weighted by Crippen LogP contribution is -2.39. The molecular weight excluding hydrogens is 266 g/mol. The zero-order valence-electron chi connectivity index (χ0n) is 11.5. The summed E-state index contributed by atoms with van der Waals surface area (Å²) in [4.78, 5) is 16.8. The second-order valence-electron chi connectivity index (χ2n) is 5.79. The van der Waals surface area contributed by atoms with Crippen LogP contribution in [0.1, 0.15) is 19.3 Å². The number of esters is 1. The molecule has 0 radical (unpaired) electrons. The predicted molar refractivity (Wildman–Crippen MR) is 80.5 cm³/mol. The van der Waals surface area contributed by atoms with Gasteiger partial charge in [-0.25, -0.2) is 0 Å². The number of fused-ring (bicyclic) bond motifs is 2. The first-order valence-corrected chi connectivity index (χ1v) is 7.22. The summed E-state index contributed by atoms with van der Waals surface area (Å²) in [5, 5.41) is 7.95. The number of allylic oxidation sites excluding steroid dienone is 3. The third-order valence-electron chi connectivity index (χ3n) is 4.44. The van der Waals surface area contributed by atoms with Crippen LogP contribution in [0.2, 0.25) is 0 Å². The summed E-state index contributed by atoms with van der Waals surface area (Å²) in [5.41, 5.74) is 1.54. The zero-order valence-corrected chi connectivity index (χ0v) is 11.5. The Bertz CT molecular complexity index is 678. The molecule has 0 aromatic rings. The highest BCUT2D eigenvalue weighted by molar-refractivity contribution is 6.27. The summed E-state index contributed by atoms with van der Waals surface area (Å²) in [5.74, 6) is 0.260. The highest BCUT2D eigenvalue weighted by atomic mass is 16.5. The molecule has 0 N–H and O–H groups in total. The number of hydrogen-bond acceptors (Lipinski definition) is 5. The standard InChI is InChI=1S/C16H15N3O2/c20-15(21-9-11-2-1-3-11)16-7-12-8-18-19-14(12)6-13(16)4-5-17-10-16/h4-8,10-11H,1-3,9H2. The van der Waals surface area contributed by atoms with E-state index in [4.69, 9.17) is 4.74 Å². The third-order valence-corrected chi connectivity index (χ3v) is 4.44. The fraction of sp³-hybridized carbons (Fsp3) is 0.375. The van der Waals surface area contributed by atoms with Gasteiger partial charge in [0, 0.05) is 18.0 Å². The van der Waals surface area contributed by atoms with Gasteiger partial charge in [0.25, 0.3) is 0 Å². The number of hydrogen-bond donors (Lipinski definition) is 0. The molecule has 5 heteroatoms. The van der Waals surface area contributed by atoms with Crippen molar-refractivity contribution in [2.24, 2.45) is 26.5 Å². The van der Waals surface area contributed by atoms with Crippen LogP contribution in [0.4, 0.5) is 0 Å². The van der Waals surface area contributed by atoms with Gasteiger partial charge in [-0.1, -0.05) is 6.42 Å². The van der Waals surface area contributed by atoms with E-state index >= 15 is 0 Å². The van der Waals surface area contributed by atoms with Gasteiger partial charge in [-0.2, -0.15) is 10.2 Å². The van der Waals surface area contributed by atoms with Gasteiger partial charge in [-0.15, -0.1) is 0 Å². The quantitative estimate of drug-likeness (QED) is 0.745. The molecule has 0 amide bonds. The fourth-order valence-corrected chi connectivity index (χ4v) is 2.88. The SMILES string of the molecule is O=C(OCC1CCC1)C12C=NC=CC1=CC1=NN=CC1=C2. The van der Waals surface area contributed by atoms with Gasteiger partial charge >= 0.3 is 5.97 Å². The summed E-state index contributed by atoms with van der Waals surface area (Å²) in [6.07, 6.45) is 14.1. The van der Waals surface area contributed by atoms with Crippen LogP contribution in [0.5, 0.6) is 0 Å². The van der Waals surface area contributed by atoms with Crippen LogP contribution in [0.25, 0.3) is 0 Å². The van der Waals surface area contributed by atoms with Crippen LogP contribution in [-0.4, -0.2) is 30.7 Å². The van der Waals surface area contributed by atoms with E-state index in [1.807, 2.05) is 18.2 Å². The smallest absolute Gasteiger partial charge is 0.326 e. The molecule has 1 saturated carbocycles. The number of rotatable bonds is 3. The molecule has 4 rings (SSSR count). The van der Waals surface area contributed by atoms with E-state index in [9.17, 15) is 4.79 Å². The van der Waals surface area contributed by atoms with Crippen LogP contribution in [0.3, 0.4) is 0 Å². The van der Waals surface area contributed by atoms with E-state index in [1.54, 1.807) is 18.6 Å². The molecule has 1 unspecified atom stereocenters. The van der Waals surface area contributed by atoms with Crippen LogP contribution in [0.15, 0.2) is 50.8 Å². The van der Waals surface area contributed by atoms with Crippen LogP contribution in [0, 0.1) is 11.3 Å². The minimum Gasteiger partial charge on any atom is -0.464 e. The Morgan fingerprint density at radius 3 is 3.14 bits per heavy atom. The van der Waals surface area contributed by atoms with E-state index in [2.05, 4.69) is 15.2 Å². The lowest BCUT2D eigenvalue weighted by atomic mass is 9.74. The number of carbonyl (C=O) groups excluding carboxylic acids is 1. The summed E-state index contributed by atoms with van der Waals surface area (Å²) in [7, 11) is 0. The fourth-order valence-electron chi connectivity index (χ4n) is 2.88. The maximum atomic E-state index is 12.7. The maximum Gasteiger partial charge on any atom is 0.326 e. The Morgan fingerprint density at radius 2 is 2.33 bits per heavy atom. The minimum atomic E-state index is -0.927. The summed E-state index contributed by atoms with van der Waals surface area (Å²) >= 11 is 0. The molecule has 2 aliphatic heterocycles. The Balaban J connectivity index is 1.64. The Labute approximate surface area is 122 Å². The second kappa shape index (κ2) is 4.62. The topological polar surface area (TPSA) is 63.4 Å². The lowest BCUT2D eigenvalue weighted by Gasteiger charge is -2.32. The molecule has 106 valence electrons. The van der Waals surface area contributed by atoms with E-state index in [0.717, 1.165) is 29.7 Å². The van der Waals surface area contributed by atoms with E-state index < -0.39 is 5.41 Å².